The van der Waals surface area contributed by atoms with Crippen LogP contribution < -0.4 is 5.73 Å². The number of ether oxygens (including phenoxy) is 1. The van der Waals surface area contributed by atoms with Crippen molar-refractivity contribution in [2.75, 3.05) is 26.8 Å². The third-order valence-electron chi connectivity index (χ3n) is 3.28. The molecule has 2 N–H and O–H groups in total. The Labute approximate surface area is 94.0 Å². The second kappa shape index (κ2) is 7.20. The SMILES string of the molecule is CCCOCCN(C)C1CCCCC1N. The first-order valence-electron chi connectivity index (χ1n) is 6.29. The molecule has 3 heteroatoms. The Morgan fingerprint density at radius 2 is 2.00 bits per heavy atom. The summed E-state index contributed by atoms with van der Waals surface area (Å²) in [6.45, 7) is 4.87. The zero-order chi connectivity index (χ0) is 11.1. The lowest BCUT2D eigenvalue weighted by molar-refractivity contribution is 0.0847. The van der Waals surface area contributed by atoms with Crippen LogP contribution in [0.3, 0.4) is 0 Å². The van der Waals surface area contributed by atoms with Crippen LogP contribution in [0.15, 0.2) is 0 Å². The smallest absolute Gasteiger partial charge is 0.0593 e. The highest BCUT2D eigenvalue weighted by molar-refractivity contribution is 4.84. The molecular weight excluding hydrogens is 188 g/mol. The fourth-order valence-electron chi connectivity index (χ4n) is 2.31. The Morgan fingerprint density at radius 1 is 1.27 bits per heavy atom. The van der Waals surface area contributed by atoms with Crippen molar-refractivity contribution >= 4 is 0 Å². The van der Waals surface area contributed by atoms with Crippen molar-refractivity contribution in [1.29, 1.82) is 0 Å². The molecule has 0 bridgehead atoms. The minimum absolute atomic E-state index is 0.370. The van der Waals surface area contributed by atoms with E-state index in [9.17, 15) is 0 Å². The van der Waals surface area contributed by atoms with Gasteiger partial charge in [-0.15, -0.1) is 0 Å². The van der Waals surface area contributed by atoms with Crippen molar-refractivity contribution in [3.05, 3.63) is 0 Å². The first-order chi connectivity index (χ1) is 7.25. The number of hydrogen-bond donors (Lipinski definition) is 1. The van der Waals surface area contributed by atoms with E-state index in [1.165, 1.54) is 25.7 Å². The van der Waals surface area contributed by atoms with Crippen LogP contribution in [0.25, 0.3) is 0 Å². The standard InChI is InChI=1S/C12H26N2O/c1-3-9-15-10-8-14(2)12-7-5-4-6-11(12)13/h11-12H,3-10,13H2,1-2H3. The van der Waals surface area contributed by atoms with Gasteiger partial charge in [-0.1, -0.05) is 19.8 Å². The number of nitrogens with zero attached hydrogens (tertiary/aromatic N) is 1. The molecule has 0 spiro atoms. The Balaban J connectivity index is 2.16. The van der Waals surface area contributed by atoms with E-state index in [0.29, 0.717) is 12.1 Å². The second-order valence-electron chi connectivity index (χ2n) is 4.61. The molecule has 1 aliphatic carbocycles. The van der Waals surface area contributed by atoms with E-state index in [4.69, 9.17) is 10.5 Å². The van der Waals surface area contributed by atoms with Crippen LogP contribution >= 0.6 is 0 Å². The summed E-state index contributed by atoms with van der Waals surface area (Å²) in [5.74, 6) is 0. The van der Waals surface area contributed by atoms with Gasteiger partial charge in [-0.25, -0.2) is 0 Å². The van der Waals surface area contributed by atoms with Crippen molar-refractivity contribution in [3.8, 4) is 0 Å². The van der Waals surface area contributed by atoms with Crippen LogP contribution in [-0.2, 0) is 4.74 Å². The van der Waals surface area contributed by atoms with E-state index in [1.807, 2.05) is 0 Å². The minimum atomic E-state index is 0.370. The first-order valence-corrected chi connectivity index (χ1v) is 6.29. The Kier molecular flexibility index (Phi) is 6.22. The molecule has 0 aromatic heterocycles. The molecule has 2 atom stereocenters. The first kappa shape index (κ1) is 12.9. The van der Waals surface area contributed by atoms with Crippen LogP contribution in [-0.4, -0.2) is 43.8 Å². The third-order valence-corrected chi connectivity index (χ3v) is 3.28. The Bertz CT molecular complexity index is 164. The highest BCUT2D eigenvalue weighted by Crippen LogP contribution is 2.20. The van der Waals surface area contributed by atoms with Gasteiger partial charge in [0.05, 0.1) is 6.61 Å². The molecule has 90 valence electrons. The largest absolute Gasteiger partial charge is 0.380 e. The predicted octanol–water partition coefficient (Wildman–Crippen LogP) is 1.61. The van der Waals surface area contributed by atoms with E-state index in [0.717, 1.165) is 26.2 Å². The summed E-state index contributed by atoms with van der Waals surface area (Å²) in [5.41, 5.74) is 6.13. The molecule has 0 aliphatic heterocycles. The van der Waals surface area contributed by atoms with Gasteiger partial charge < -0.3 is 10.5 Å². The van der Waals surface area contributed by atoms with E-state index in [-0.39, 0.29) is 0 Å². The summed E-state index contributed by atoms with van der Waals surface area (Å²) in [6.07, 6.45) is 6.18. The van der Waals surface area contributed by atoms with Crippen molar-refractivity contribution < 1.29 is 4.74 Å². The second-order valence-corrected chi connectivity index (χ2v) is 4.61. The average Bonchev–Trinajstić information content (AvgIpc) is 2.25. The maximum Gasteiger partial charge on any atom is 0.0593 e. The monoisotopic (exact) mass is 214 g/mol. The third kappa shape index (κ3) is 4.49. The minimum Gasteiger partial charge on any atom is -0.380 e. The summed E-state index contributed by atoms with van der Waals surface area (Å²) < 4.78 is 5.50. The lowest BCUT2D eigenvalue weighted by atomic mass is 9.90. The van der Waals surface area contributed by atoms with E-state index < -0.39 is 0 Å². The average molecular weight is 214 g/mol. The van der Waals surface area contributed by atoms with Crippen molar-refractivity contribution in [2.45, 2.75) is 51.1 Å². The van der Waals surface area contributed by atoms with Crippen LogP contribution in [0.1, 0.15) is 39.0 Å². The van der Waals surface area contributed by atoms with Crippen molar-refractivity contribution in [3.63, 3.8) is 0 Å². The fraction of sp³-hybridized carbons (Fsp3) is 1.00. The molecule has 2 unspecified atom stereocenters. The van der Waals surface area contributed by atoms with Gasteiger partial charge in [-0.05, 0) is 26.3 Å². The predicted molar refractivity (Wildman–Crippen MR) is 64.0 cm³/mol. The zero-order valence-electron chi connectivity index (χ0n) is 10.2. The maximum atomic E-state index is 6.13. The summed E-state index contributed by atoms with van der Waals surface area (Å²) in [5, 5.41) is 0. The van der Waals surface area contributed by atoms with Crippen LogP contribution in [0, 0.1) is 0 Å². The van der Waals surface area contributed by atoms with Gasteiger partial charge in [-0.2, -0.15) is 0 Å². The van der Waals surface area contributed by atoms with Gasteiger partial charge in [0.15, 0.2) is 0 Å². The molecule has 1 rings (SSSR count). The number of nitrogens with two attached hydrogens (primary N) is 1. The summed E-state index contributed by atoms with van der Waals surface area (Å²) in [7, 11) is 2.17. The molecule has 1 saturated carbocycles. The van der Waals surface area contributed by atoms with Crippen LogP contribution in [0.5, 0.6) is 0 Å². The van der Waals surface area contributed by atoms with Gasteiger partial charge in [0.2, 0.25) is 0 Å². The Hall–Kier alpha value is -0.120. The number of hydrogen-bond acceptors (Lipinski definition) is 3. The maximum absolute atomic E-state index is 6.13. The molecular formula is C12H26N2O. The van der Waals surface area contributed by atoms with Gasteiger partial charge in [0, 0.05) is 25.2 Å². The van der Waals surface area contributed by atoms with Crippen LogP contribution in [0.2, 0.25) is 0 Å². The van der Waals surface area contributed by atoms with Gasteiger partial charge in [-0.3, -0.25) is 4.90 Å². The normalized spacial score (nSPS) is 27.2. The van der Waals surface area contributed by atoms with E-state index >= 15 is 0 Å². The van der Waals surface area contributed by atoms with Gasteiger partial charge >= 0.3 is 0 Å². The quantitative estimate of drug-likeness (QED) is 0.683. The molecule has 1 aliphatic rings. The summed E-state index contributed by atoms with van der Waals surface area (Å²) >= 11 is 0. The topological polar surface area (TPSA) is 38.5 Å². The van der Waals surface area contributed by atoms with Gasteiger partial charge in [0.1, 0.15) is 0 Å². The van der Waals surface area contributed by atoms with E-state index in [1.54, 1.807) is 0 Å². The lowest BCUT2D eigenvalue weighted by Crippen LogP contribution is -2.48. The van der Waals surface area contributed by atoms with Crippen molar-refractivity contribution in [2.24, 2.45) is 5.73 Å². The summed E-state index contributed by atoms with van der Waals surface area (Å²) in [4.78, 5) is 2.37. The molecule has 3 nitrogen and oxygen atoms in total. The molecule has 0 amide bonds. The molecule has 0 aromatic rings. The fourth-order valence-corrected chi connectivity index (χ4v) is 2.31. The molecule has 0 aromatic carbocycles. The van der Waals surface area contributed by atoms with Crippen LogP contribution in [0.4, 0.5) is 0 Å². The van der Waals surface area contributed by atoms with Gasteiger partial charge in [0.25, 0.3) is 0 Å². The lowest BCUT2D eigenvalue weighted by Gasteiger charge is -2.35. The molecule has 0 radical (unpaired) electrons. The molecule has 1 fully saturated rings. The highest BCUT2D eigenvalue weighted by atomic mass is 16.5. The van der Waals surface area contributed by atoms with E-state index in [2.05, 4.69) is 18.9 Å². The number of likely N-dealkylation sites (N-methyl/N-ethyl adjacent to an activating group) is 1. The molecule has 0 heterocycles. The number of rotatable bonds is 6. The molecule has 15 heavy (non-hydrogen) atoms. The Morgan fingerprint density at radius 3 is 2.67 bits per heavy atom. The zero-order valence-corrected chi connectivity index (χ0v) is 10.2. The molecule has 0 saturated heterocycles. The summed E-state index contributed by atoms with van der Waals surface area (Å²) in [6, 6.07) is 0.943. The van der Waals surface area contributed by atoms with Crippen molar-refractivity contribution in [1.82, 2.24) is 4.90 Å². The highest BCUT2D eigenvalue weighted by Gasteiger charge is 2.24.